The van der Waals surface area contributed by atoms with Crippen molar-refractivity contribution < 1.29 is 80.9 Å². The van der Waals surface area contributed by atoms with E-state index in [0.717, 1.165) is 72.5 Å². The molecule has 6 aliphatic rings. The SMILES string of the molecule is CC(COCC(COCC(C)OC(=O)CCC(=O)Oc1ccc2ccc3c(c2c1)N=CC1(O3)N(C)c2ccccc2C1(C)C)OCC(C)OC(=O)CCC(=O)Oc1ccc2ccc3c(c2c1)N=CC1(O3)N(C)c2ccccc2C1(C)C)OC(=O)CCC(=O)Oc1ccc2ccc3c(c2c1)N=CC1(C3)N(C)c2ccccc2C1(C)C. The second-order valence-corrected chi connectivity index (χ2v) is 32.0. The molecule has 0 bridgehead atoms. The summed E-state index contributed by atoms with van der Waals surface area (Å²) in [6, 6.07) is 52.7. The minimum Gasteiger partial charge on any atom is -0.460 e. The smallest absolute Gasteiger partial charge is 0.311 e. The summed E-state index contributed by atoms with van der Waals surface area (Å²) in [7, 11) is 6.13. The molecule has 0 amide bonds. The highest BCUT2D eigenvalue weighted by atomic mass is 16.6. The Labute approximate surface area is 662 Å². The third-order valence-corrected chi connectivity index (χ3v) is 23.5. The Morgan fingerprint density at radius 2 is 0.746 bits per heavy atom. The molecule has 9 aromatic carbocycles. The van der Waals surface area contributed by atoms with Crippen molar-refractivity contribution in [2.45, 2.75) is 165 Å². The molecule has 23 heteroatoms. The average Bonchev–Trinajstić information content (AvgIpc) is 1.55. The highest BCUT2D eigenvalue weighted by Crippen LogP contribution is 2.58. The topological polar surface area (TPSA) is 251 Å². The van der Waals surface area contributed by atoms with Crippen LogP contribution < -0.4 is 38.4 Å². The van der Waals surface area contributed by atoms with Gasteiger partial charge < -0.3 is 66.8 Å². The van der Waals surface area contributed by atoms with Crippen LogP contribution in [0.25, 0.3) is 32.3 Å². The lowest BCUT2D eigenvalue weighted by Gasteiger charge is -2.45. The summed E-state index contributed by atoms with van der Waals surface area (Å²) in [4.78, 5) is 101. The molecule has 15 rings (SSSR count). The first kappa shape index (κ1) is 77.8. The largest absolute Gasteiger partial charge is 0.460 e. The van der Waals surface area contributed by atoms with Crippen LogP contribution in [-0.2, 0) is 79.9 Å². The van der Waals surface area contributed by atoms with Gasteiger partial charge in [0.25, 0.3) is 0 Å². The third kappa shape index (κ3) is 14.3. The number of para-hydroxylation sites is 3. The fraction of sp³-hybridized carbons (Fsp3) is 0.374. The maximum Gasteiger partial charge on any atom is 0.311 e. The van der Waals surface area contributed by atoms with Gasteiger partial charge in [-0.25, -0.2) is 0 Å². The van der Waals surface area contributed by atoms with Gasteiger partial charge in [-0.2, -0.15) is 0 Å². The average molecular weight is 1540 g/mol. The van der Waals surface area contributed by atoms with Gasteiger partial charge in [0.15, 0.2) is 0 Å². The predicted octanol–water partition coefficient (Wildman–Crippen LogP) is 15.7. The van der Waals surface area contributed by atoms with Crippen LogP contribution in [0, 0.1) is 0 Å². The zero-order chi connectivity index (χ0) is 80.2. The fourth-order valence-corrected chi connectivity index (χ4v) is 17.0. The van der Waals surface area contributed by atoms with Crippen LogP contribution in [-0.4, -0.2) is 150 Å². The van der Waals surface area contributed by atoms with E-state index in [1.54, 1.807) is 51.1 Å². The second-order valence-electron chi connectivity index (χ2n) is 32.0. The molecule has 0 saturated carbocycles. The number of esters is 6. The van der Waals surface area contributed by atoms with Gasteiger partial charge in [-0.15, -0.1) is 0 Å². The summed E-state index contributed by atoms with van der Waals surface area (Å²) in [5.74, 6) is -1.83. The summed E-state index contributed by atoms with van der Waals surface area (Å²) >= 11 is 0. The molecule has 23 nitrogen and oxygen atoms in total. The Morgan fingerprint density at radius 1 is 0.395 bits per heavy atom. The molecule has 0 aromatic heterocycles. The molecule has 0 aliphatic carbocycles. The highest BCUT2D eigenvalue weighted by Gasteiger charge is 2.61. The molecule has 590 valence electrons. The van der Waals surface area contributed by atoms with Gasteiger partial charge in [0.05, 0.1) is 106 Å². The highest BCUT2D eigenvalue weighted by molar-refractivity contribution is 6.04. The molecule has 3 spiro atoms. The number of carbonyl (C=O) groups is 6. The van der Waals surface area contributed by atoms with E-state index >= 15 is 0 Å². The first-order valence-electron chi connectivity index (χ1n) is 38.8. The zero-order valence-electron chi connectivity index (χ0n) is 66.2. The lowest BCUT2D eigenvalue weighted by Crippen LogP contribution is -2.61. The molecule has 0 fully saturated rings. The van der Waals surface area contributed by atoms with E-state index in [1.165, 1.54) is 11.3 Å². The van der Waals surface area contributed by atoms with Gasteiger partial charge in [-0.3, -0.25) is 43.7 Å². The third-order valence-electron chi connectivity index (χ3n) is 23.5. The Bertz CT molecular complexity index is 5200. The molecule has 0 radical (unpaired) electrons. The van der Waals surface area contributed by atoms with Crippen LogP contribution in [0.5, 0.6) is 28.7 Å². The van der Waals surface area contributed by atoms with Crippen molar-refractivity contribution >= 4 is 121 Å². The van der Waals surface area contributed by atoms with Crippen molar-refractivity contribution in [3.05, 3.63) is 186 Å². The number of hydrogen-bond donors (Lipinski definition) is 0. The lowest BCUT2D eigenvalue weighted by atomic mass is 9.67. The molecule has 0 N–H and O–H groups in total. The number of hydrogen-bond acceptors (Lipinski definition) is 23. The molecule has 7 unspecified atom stereocenters. The number of anilines is 3. The minimum atomic E-state index is -0.883. The van der Waals surface area contributed by atoms with Crippen molar-refractivity contribution in [2.24, 2.45) is 15.0 Å². The van der Waals surface area contributed by atoms with Crippen LogP contribution in [0.3, 0.4) is 0 Å². The summed E-state index contributed by atoms with van der Waals surface area (Å²) in [5, 5.41) is 4.97. The second kappa shape index (κ2) is 30.8. The Balaban J connectivity index is 0.525. The van der Waals surface area contributed by atoms with Gasteiger partial charge >= 0.3 is 35.8 Å². The number of carbonyl (C=O) groups excluding carboxylic acids is 6. The Hall–Kier alpha value is -11.5. The molecular formula is C91H94N6O17. The maximum absolute atomic E-state index is 13.3. The molecule has 114 heavy (non-hydrogen) atoms. The van der Waals surface area contributed by atoms with E-state index in [4.69, 9.17) is 67.1 Å². The van der Waals surface area contributed by atoms with Crippen LogP contribution in [0.15, 0.2) is 179 Å². The lowest BCUT2D eigenvalue weighted by molar-refractivity contribution is -0.160. The standard InChI is InChI=1S/C91H94N6O17/c1-55(107-77(98)37-40-80(101)110-62-32-27-58-25-26-61-46-89(52-92-83(61)66(58)43-62)86(4,5)69-19-13-16-22-72(69)95(89)10)47-104-50-65(106-49-57(3)109-79(100)39-42-82(103)112-64-34-29-60-31-36-76-85(68(60)45-64)94-54-91(114-76)88(8,9)71-21-15-18-24-74(71)97(91)12)51-105-48-56(2)108-78(99)38-41-81(102)111-63-33-28-59-30-35-75-84(67(59)44-63)93-53-90(113-75)87(6,7)70-20-14-17-23-73(70)96(90)11/h13-36,43-45,52-57,65H,37-42,46-51H2,1-12H3. The summed E-state index contributed by atoms with van der Waals surface area (Å²) in [6.07, 6.45) is 1.77. The van der Waals surface area contributed by atoms with Crippen molar-refractivity contribution in [2.75, 3.05) is 68.9 Å². The minimum absolute atomic E-state index is 0.0747. The summed E-state index contributed by atoms with van der Waals surface area (Å²) in [6.45, 7) is 17.6. The first-order valence-corrected chi connectivity index (χ1v) is 38.8. The number of rotatable bonds is 26. The van der Waals surface area contributed by atoms with Gasteiger partial charge in [0, 0.05) is 72.4 Å². The number of ether oxygens (including phenoxy) is 11. The van der Waals surface area contributed by atoms with Gasteiger partial charge in [0.2, 0.25) is 11.4 Å². The molecule has 6 aliphatic heterocycles. The Morgan fingerprint density at radius 3 is 1.16 bits per heavy atom. The van der Waals surface area contributed by atoms with Gasteiger partial charge in [0.1, 0.15) is 64.5 Å². The number of nitrogens with zero attached hydrogens (tertiary/aromatic N) is 6. The summed E-state index contributed by atoms with van der Waals surface area (Å²) < 4.78 is 66.2. The van der Waals surface area contributed by atoms with Crippen LogP contribution in [0.2, 0.25) is 0 Å². The molecule has 0 saturated heterocycles. The van der Waals surface area contributed by atoms with Crippen molar-refractivity contribution in [3.63, 3.8) is 0 Å². The van der Waals surface area contributed by atoms with Gasteiger partial charge in [-0.1, -0.05) is 111 Å². The Kier molecular flexibility index (Phi) is 21.0. The molecular weight excluding hydrogens is 1450 g/mol. The molecule has 7 atom stereocenters. The summed E-state index contributed by atoms with van der Waals surface area (Å²) in [5.41, 5.74) is 6.73. The van der Waals surface area contributed by atoms with Crippen LogP contribution in [0.4, 0.5) is 34.1 Å². The number of fused-ring (bicyclic) bond motifs is 12. The van der Waals surface area contributed by atoms with E-state index in [2.05, 4.69) is 130 Å². The fourth-order valence-electron chi connectivity index (χ4n) is 17.0. The predicted molar refractivity (Wildman–Crippen MR) is 436 cm³/mol. The first-order chi connectivity index (χ1) is 54.6. The molecule has 6 heterocycles. The van der Waals surface area contributed by atoms with E-state index < -0.39 is 82.5 Å². The normalized spacial score (nSPS) is 20.2. The van der Waals surface area contributed by atoms with Crippen molar-refractivity contribution in [1.82, 2.24) is 0 Å². The number of likely N-dealkylation sites (N-methyl/N-ethyl adjacent to an activating group) is 3. The van der Waals surface area contributed by atoms with Crippen molar-refractivity contribution in [1.29, 1.82) is 0 Å². The van der Waals surface area contributed by atoms with E-state index in [1.807, 2.05) is 99.3 Å². The molecule has 9 aromatic rings. The van der Waals surface area contributed by atoms with Crippen LogP contribution >= 0.6 is 0 Å². The van der Waals surface area contributed by atoms with Crippen LogP contribution in [0.1, 0.15) is 123 Å². The van der Waals surface area contributed by atoms with E-state index in [9.17, 15) is 28.8 Å². The number of aliphatic imine (C=N–C) groups is 3. The van der Waals surface area contributed by atoms with E-state index in [0.29, 0.717) is 28.6 Å². The van der Waals surface area contributed by atoms with Gasteiger partial charge in [-0.05, 0) is 154 Å². The van der Waals surface area contributed by atoms with E-state index in [-0.39, 0.29) is 94.0 Å². The maximum atomic E-state index is 13.3. The monoisotopic (exact) mass is 1540 g/mol. The zero-order valence-corrected chi connectivity index (χ0v) is 66.2. The number of benzene rings is 9. The van der Waals surface area contributed by atoms with Crippen molar-refractivity contribution in [3.8, 4) is 28.7 Å². The quantitative estimate of drug-likeness (QED) is 0.0277.